The molecule has 0 aromatic carbocycles. The molecule has 90 valence electrons. The van der Waals surface area contributed by atoms with Crippen molar-refractivity contribution >= 4 is 0 Å². The van der Waals surface area contributed by atoms with E-state index in [4.69, 9.17) is 0 Å². The van der Waals surface area contributed by atoms with Gasteiger partial charge in [0.05, 0.1) is 6.61 Å². The topological polar surface area (TPSA) is 20.2 Å². The lowest BCUT2D eigenvalue weighted by Crippen LogP contribution is -2.44. The largest absolute Gasteiger partial charge is 0.392 e. The highest BCUT2D eigenvalue weighted by atomic mass is 16.3. The Morgan fingerprint density at radius 3 is 2.75 bits per heavy atom. The first kappa shape index (κ1) is 10.8. The molecule has 0 aromatic heterocycles. The summed E-state index contributed by atoms with van der Waals surface area (Å²) < 4.78 is 0. The Bertz CT molecular complexity index is 352. The molecule has 2 bridgehead atoms. The molecule has 1 nitrogen and oxygen atoms in total. The summed E-state index contributed by atoms with van der Waals surface area (Å²) in [4.78, 5) is 0. The van der Waals surface area contributed by atoms with Crippen molar-refractivity contribution in [1.82, 2.24) is 0 Å². The lowest BCUT2D eigenvalue weighted by Gasteiger charge is -2.51. The van der Waals surface area contributed by atoms with Crippen LogP contribution in [0.1, 0.15) is 52.9 Å². The van der Waals surface area contributed by atoms with E-state index in [-0.39, 0.29) is 0 Å². The molecule has 16 heavy (non-hydrogen) atoms. The highest BCUT2D eigenvalue weighted by molar-refractivity contribution is 5.38. The number of allylic oxidation sites excluding steroid dienone is 1. The van der Waals surface area contributed by atoms with Crippen LogP contribution in [0.15, 0.2) is 11.1 Å². The zero-order chi connectivity index (χ0) is 11.6. The Morgan fingerprint density at radius 1 is 1.31 bits per heavy atom. The maximum Gasteiger partial charge on any atom is 0.0644 e. The average molecular weight is 220 g/mol. The van der Waals surface area contributed by atoms with Crippen molar-refractivity contribution in [2.45, 2.75) is 52.9 Å². The second kappa shape index (κ2) is 3.13. The molecule has 0 amide bonds. The molecule has 3 aliphatic rings. The third kappa shape index (κ3) is 0.971. The van der Waals surface area contributed by atoms with Crippen molar-refractivity contribution < 1.29 is 5.11 Å². The zero-order valence-corrected chi connectivity index (χ0v) is 10.8. The van der Waals surface area contributed by atoms with E-state index in [1.54, 1.807) is 5.57 Å². The summed E-state index contributed by atoms with van der Waals surface area (Å²) in [5.41, 5.74) is 3.99. The lowest BCUT2D eigenvalue weighted by atomic mass is 9.53. The number of hydrogen-bond donors (Lipinski definition) is 1. The molecule has 2 fully saturated rings. The summed E-state index contributed by atoms with van der Waals surface area (Å²) >= 11 is 0. The Balaban J connectivity index is 2.17. The normalized spacial score (nSPS) is 45.0. The van der Waals surface area contributed by atoms with Crippen LogP contribution in [0.3, 0.4) is 0 Å². The minimum Gasteiger partial charge on any atom is -0.392 e. The van der Waals surface area contributed by atoms with Gasteiger partial charge in [0.15, 0.2) is 0 Å². The number of rotatable bonds is 1. The minimum atomic E-state index is 0.312. The molecule has 0 aromatic rings. The van der Waals surface area contributed by atoms with Gasteiger partial charge in [0, 0.05) is 0 Å². The highest BCUT2D eigenvalue weighted by Gasteiger charge is 2.63. The van der Waals surface area contributed by atoms with Crippen LogP contribution in [-0.4, -0.2) is 11.7 Å². The van der Waals surface area contributed by atoms with E-state index in [0.717, 1.165) is 18.3 Å². The smallest absolute Gasteiger partial charge is 0.0644 e. The summed E-state index contributed by atoms with van der Waals surface area (Å²) in [5, 5.41) is 9.53. The average Bonchev–Trinajstić information content (AvgIpc) is 2.65. The van der Waals surface area contributed by atoms with Gasteiger partial charge in [-0.2, -0.15) is 0 Å². The van der Waals surface area contributed by atoms with Crippen molar-refractivity contribution in [2.75, 3.05) is 6.61 Å². The van der Waals surface area contributed by atoms with E-state index in [1.165, 1.54) is 31.3 Å². The van der Waals surface area contributed by atoms with Gasteiger partial charge in [-0.25, -0.2) is 0 Å². The van der Waals surface area contributed by atoms with E-state index in [1.807, 2.05) is 0 Å². The third-order valence-corrected chi connectivity index (χ3v) is 6.39. The molecule has 1 heteroatoms. The molecule has 0 heterocycles. The van der Waals surface area contributed by atoms with Crippen molar-refractivity contribution in [2.24, 2.45) is 22.7 Å². The van der Waals surface area contributed by atoms with E-state index in [2.05, 4.69) is 20.8 Å². The Morgan fingerprint density at radius 2 is 2.06 bits per heavy atom. The molecular weight excluding hydrogens is 196 g/mol. The first-order valence-electron chi connectivity index (χ1n) is 6.86. The van der Waals surface area contributed by atoms with Gasteiger partial charge in [-0.05, 0) is 60.3 Å². The highest BCUT2D eigenvalue weighted by Crippen LogP contribution is 2.72. The summed E-state index contributed by atoms with van der Waals surface area (Å²) in [6, 6.07) is 0. The van der Waals surface area contributed by atoms with Crippen molar-refractivity contribution in [1.29, 1.82) is 0 Å². The van der Waals surface area contributed by atoms with Crippen molar-refractivity contribution in [3.63, 3.8) is 0 Å². The van der Waals surface area contributed by atoms with Crippen LogP contribution in [0.5, 0.6) is 0 Å². The SMILES string of the molecule is C[C@@H]1CC[C@H]2CC3=C(CO)CCC31C2(C)C. The molecule has 1 N–H and O–H groups in total. The summed E-state index contributed by atoms with van der Waals surface area (Å²) in [7, 11) is 0. The van der Waals surface area contributed by atoms with Gasteiger partial charge < -0.3 is 5.11 Å². The molecule has 0 aliphatic heterocycles. The lowest BCUT2D eigenvalue weighted by molar-refractivity contribution is -0.00754. The standard InChI is InChI=1S/C15H24O/c1-10-4-5-12-8-13-11(9-16)6-7-15(10,13)14(12,2)3/h10,12,16H,4-9H2,1-3H3/t10-,12+,15?/m1/s1. The number of aliphatic hydroxyl groups excluding tert-OH is 1. The van der Waals surface area contributed by atoms with Crippen LogP contribution in [0.25, 0.3) is 0 Å². The predicted octanol–water partition coefficient (Wildman–Crippen LogP) is 3.53. The zero-order valence-electron chi connectivity index (χ0n) is 10.8. The van der Waals surface area contributed by atoms with Gasteiger partial charge in [-0.1, -0.05) is 26.3 Å². The molecule has 1 spiro atoms. The summed E-state index contributed by atoms with van der Waals surface area (Å²) in [6.45, 7) is 7.73. The van der Waals surface area contributed by atoms with Crippen LogP contribution in [-0.2, 0) is 0 Å². The van der Waals surface area contributed by atoms with Gasteiger partial charge in [-0.15, -0.1) is 0 Å². The van der Waals surface area contributed by atoms with Crippen molar-refractivity contribution in [3.05, 3.63) is 11.1 Å². The second-order valence-electron chi connectivity index (χ2n) is 6.81. The fourth-order valence-corrected chi connectivity index (χ4v) is 5.38. The van der Waals surface area contributed by atoms with Gasteiger partial charge >= 0.3 is 0 Å². The van der Waals surface area contributed by atoms with E-state index in [9.17, 15) is 5.11 Å². The first-order valence-corrected chi connectivity index (χ1v) is 6.86. The van der Waals surface area contributed by atoms with E-state index < -0.39 is 0 Å². The molecule has 1 unspecified atom stereocenters. The molecule has 3 rings (SSSR count). The van der Waals surface area contributed by atoms with Crippen LogP contribution in [0, 0.1) is 22.7 Å². The van der Waals surface area contributed by atoms with Crippen LogP contribution in [0.4, 0.5) is 0 Å². The first-order chi connectivity index (χ1) is 7.54. The van der Waals surface area contributed by atoms with Crippen molar-refractivity contribution in [3.8, 4) is 0 Å². The van der Waals surface area contributed by atoms with Gasteiger partial charge in [0.25, 0.3) is 0 Å². The van der Waals surface area contributed by atoms with E-state index in [0.29, 0.717) is 17.4 Å². The fourth-order valence-electron chi connectivity index (χ4n) is 5.38. The number of fused-ring (bicyclic) bond motifs is 1. The summed E-state index contributed by atoms with van der Waals surface area (Å²) in [6.07, 6.45) is 6.55. The molecule has 0 radical (unpaired) electrons. The minimum absolute atomic E-state index is 0.312. The number of aliphatic hydroxyl groups is 1. The Kier molecular flexibility index (Phi) is 2.12. The Hall–Kier alpha value is -0.300. The maximum atomic E-state index is 9.53. The molecule has 0 saturated heterocycles. The number of hydrogen-bond acceptors (Lipinski definition) is 1. The van der Waals surface area contributed by atoms with Crippen LogP contribution < -0.4 is 0 Å². The quantitative estimate of drug-likeness (QED) is 0.670. The van der Waals surface area contributed by atoms with Gasteiger partial charge in [0.2, 0.25) is 0 Å². The Labute approximate surface area is 98.9 Å². The third-order valence-electron chi connectivity index (χ3n) is 6.39. The molecule has 3 aliphatic carbocycles. The van der Waals surface area contributed by atoms with Gasteiger partial charge in [-0.3, -0.25) is 0 Å². The van der Waals surface area contributed by atoms with Gasteiger partial charge in [0.1, 0.15) is 0 Å². The monoisotopic (exact) mass is 220 g/mol. The second-order valence-corrected chi connectivity index (χ2v) is 6.81. The van der Waals surface area contributed by atoms with Crippen LogP contribution in [0.2, 0.25) is 0 Å². The fraction of sp³-hybridized carbons (Fsp3) is 0.867. The maximum absolute atomic E-state index is 9.53. The molecular formula is C15H24O. The predicted molar refractivity (Wildman–Crippen MR) is 66.1 cm³/mol. The molecule has 3 atom stereocenters. The summed E-state index contributed by atoms with van der Waals surface area (Å²) in [5.74, 6) is 1.70. The molecule has 2 saturated carbocycles. The van der Waals surface area contributed by atoms with Crippen LogP contribution >= 0.6 is 0 Å². The van der Waals surface area contributed by atoms with E-state index >= 15 is 0 Å².